The number of benzene rings is 1. The van der Waals surface area contributed by atoms with E-state index in [9.17, 15) is 14.4 Å². The molecule has 1 atom stereocenters. The summed E-state index contributed by atoms with van der Waals surface area (Å²) in [5.74, 6) is -0.553. The largest absolute Gasteiger partial charge is 0.359 e. The molecule has 1 fully saturated rings. The number of carbonyl (C=O) groups is 3. The molecule has 1 aliphatic rings. The SMILES string of the molecule is CNC(=O)C[C@H]1C(=O)NCCN1C(=O)NCCCc1ccccc1. The highest BCUT2D eigenvalue weighted by Crippen LogP contribution is 2.09. The van der Waals surface area contributed by atoms with Gasteiger partial charge in [-0.1, -0.05) is 30.3 Å². The van der Waals surface area contributed by atoms with Gasteiger partial charge in [0.15, 0.2) is 0 Å². The van der Waals surface area contributed by atoms with E-state index in [2.05, 4.69) is 28.1 Å². The number of urea groups is 1. The van der Waals surface area contributed by atoms with Crippen LogP contribution in [0.5, 0.6) is 0 Å². The molecule has 0 unspecified atom stereocenters. The first-order valence-electron chi connectivity index (χ1n) is 8.18. The maximum Gasteiger partial charge on any atom is 0.318 e. The van der Waals surface area contributed by atoms with Crippen LogP contribution < -0.4 is 16.0 Å². The van der Waals surface area contributed by atoms with E-state index in [4.69, 9.17) is 0 Å². The van der Waals surface area contributed by atoms with E-state index in [1.54, 1.807) is 0 Å². The van der Waals surface area contributed by atoms with Gasteiger partial charge in [-0.05, 0) is 18.4 Å². The lowest BCUT2D eigenvalue weighted by Gasteiger charge is -2.34. The molecule has 7 heteroatoms. The zero-order chi connectivity index (χ0) is 17.4. The second-order valence-corrected chi connectivity index (χ2v) is 5.70. The quantitative estimate of drug-likeness (QED) is 0.653. The van der Waals surface area contributed by atoms with E-state index in [1.165, 1.54) is 17.5 Å². The molecule has 7 nitrogen and oxygen atoms in total. The number of amides is 4. The first kappa shape index (κ1) is 17.8. The molecule has 0 saturated carbocycles. The summed E-state index contributed by atoms with van der Waals surface area (Å²) in [5, 5.41) is 8.02. The van der Waals surface area contributed by atoms with Crippen molar-refractivity contribution < 1.29 is 14.4 Å². The normalized spacial score (nSPS) is 17.1. The Morgan fingerprint density at radius 1 is 1.29 bits per heavy atom. The first-order valence-corrected chi connectivity index (χ1v) is 8.18. The molecular formula is C17H24N4O3. The van der Waals surface area contributed by atoms with Crippen molar-refractivity contribution in [1.82, 2.24) is 20.9 Å². The third kappa shape index (κ3) is 4.97. The van der Waals surface area contributed by atoms with E-state index in [0.717, 1.165) is 12.8 Å². The highest BCUT2D eigenvalue weighted by molar-refractivity contribution is 5.92. The Morgan fingerprint density at radius 3 is 2.75 bits per heavy atom. The molecule has 2 rings (SSSR count). The standard InChI is InChI=1S/C17H24N4O3/c1-18-15(22)12-14-16(23)19-10-11-21(14)17(24)20-9-5-8-13-6-3-2-4-7-13/h2-4,6-7,14H,5,8-12H2,1H3,(H,18,22)(H,19,23)(H,20,24)/t14-/m0/s1. The Labute approximate surface area is 141 Å². The molecule has 24 heavy (non-hydrogen) atoms. The average molecular weight is 332 g/mol. The van der Waals surface area contributed by atoms with Crippen LogP contribution in [0.1, 0.15) is 18.4 Å². The molecular weight excluding hydrogens is 308 g/mol. The summed E-state index contributed by atoms with van der Waals surface area (Å²) in [7, 11) is 1.51. The zero-order valence-corrected chi connectivity index (χ0v) is 13.9. The van der Waals surface area contributed by atoms with Crippen LogP contribution in [0.2, 0.25) is 0 Å². The van der Waals surface area contributed by atoms with Crippen molar-refractivity contribution in [2.45, 2.75) is 25.3 Å². The van der Waals surface area contributed by atoms with Crippen LogP contribution >= 0.6 is 0 Å². The van der Waals surface area contributed by atoms with E-state index in [0.29, 0.717) is 19.6 Å². The number of hydrogen-bond donors (Lipinski definition) is 3. The highest BCUT2D eigenvalue weighted by atomic mass is 16.2. The minimum Gasteiger partial charge on any atom is -0.359 e. The van der Waals surface area contributed by atoms with Crippen LogP contribution in [0, 0.1) is 0 Å². The molecule has 0 bridgehead atoms. The van der Waals surface area contributed by atoms with Crippen molar-refractivity contribution in [3.05, 3.63) is 35.9 Å². The number of carbonyl (C=O) groups excluding carboxylic acids is 3. The third-order valence-electron chi connectivity index (χ3n) is 4.01. The minimum atomic E-state index is -0.757. The van der Waals surface area contributed by atoms with Crippen molar-refractivity contribution >= 4 is 17.8 Å². The minimum absolute atomic E-state index is 0.0280. The van der Waals surface area contributed by atoms with Gasteiger partial charge in [0.1, 0.15) is 6.04 Å². The summed E-state index contributed by atoms with van der Waals surface area (Å²) in [6, 6.07) is 9.00. The van der Waals surface area contributed by atoms with E-state index in [-0.39, 0.29) is 24.3 Å². The van der Waals surface area contributed by atoms with Crippen molar-refractivity contribution in [2.24, 2.45) is 0 Å². The van der Waals surface area contributed by atoms with Gasteiger partial charge in [-0.25, -0.2) is 4.79 Å². The smallest absolute Gasteiger partial charge is 0.318 e. The van der Waals surface area contributed by atoms with Crippen LogP contribution in [-0.2, 0) is 16.0 Å². The van der Waals surface area contributed by atoms with Crippen LogP contribution in [0.4, 0.5) is 4.79 Å². The van der Waals surface area contributed by atoms with Crippen LogP contribution in [0.25, 0.3) is 0 Å². The van der Waals surface area contributed by atoms with Crippen molar-refractivity contribution in [3.8, 4) is 0 Å². The summed E-state index contributed by atoms with van der Waals surface area (Å²) in [6.07, 6.45) is 1.67. The maximum absolute atomic E-state index is 12.3. The molecule has 0 aromatic heterocycles. The molecule has 4 amide bonds. The van der Waals surface area contributed by atoms with Crippen LogP contribution in [0.15, 0.2) is 30.3 Å². The summed E-state index contributed by atoms with van der Waals surface area (Å²) >= 11 is 0. The highest BCUT2D eigenvalue weighted by Gasteiger charge is 2.34. The first-order chi connectivity index (χ1) is 11.6. The number of rotatable bonds is 6. The van der Waals surface area contributed by atoms with Gasteiger partial charge in [0, 0.05) is 26.7 Å². The molecule has 1 saturated heterocycles. The molecule has 130 valence electrons. The van der Waals surface area contributed by atoms with Crippen molar-refractivity contribution in [2.75, 3.05) is 26.7 Å². The summed E-state index contributed by atoms with van der Waals surface area (Å²) in [6.45, 7) is 1.33. The Hall–Kier alpha value is -2.57. The Morgan fingerprint density at radius 2 is 2.04 bits per heavy atom. The van der Waals surface area contributed by atoms with Gasteiger partial charge in [-0.15, -0.1) is 0 Å². The molecule has 1 aliphatic heterocycles. The Bertz CT molecular complexity index is 576. The average Bonchev–Trinajstić information content (AvgIpc) is 2.61. The molecule has 0 radical (unpaired) electrons. The number of nitrogens with zero attached hydrogens (tertiary/aromatic N) is 1. The fourth-order valence-corrected chi connectivity index (χ4v) is 2.67. The third-order valence-corrected chi connectivity index (χ3v) is 4.01. The number of aryl methyl sites for hydroxylation is 1. The van der Waals surface area contributed by atoms with Gasteiger partial charge in [0.2, 0.25) is 11.8 Å². The lowest BCUT2D eigenvalue weighted by Crippen LogP contribution is -2.60. The van der Waals surface area contributed by atoms with Crippen LogP contribution in [-0.4, -0.2) is 55.5 Å². The van der Waals surface area contributed by atoms with Gasteiger partial charge < -0.3 is 20.9 Å². The van der Waals surface area contributed by atoms with Crippen molar-refractivity contribution in [1.29, 1.82) is 0 Å². The van der Waals surface area contributed by atoms with Gasteiger partial charge in [-0.3, -0.25) is 9.59 Å². The Kier molecular flexibility index (Phi) is 6.60. The van der Waals surface area contributed by atoms with Gasteiger partial charge >= 0.3 is 6.03 Å². The summed E-state index contributed by atoms with van der Waals surface area (Å²) < 4.78 is 0. The number of nitrogens with one attached hydrogen (secondary N) is 3. The van der Waals surface area contributed by atoms with Crippen molar-refractivity contribution in [3.63, 3.8) is 0 Å². The molecule has 1 aromatic carbocycles. The zero-order valence-electron chi connectivity index (χ0n) is 13.9. The topological polar surface area (TPSA) is 90.5 Å². The monoisotopic (exact) mass is 332 g/mol. The second-order valence-electron chi connectivity index (χ2n) is 5.70. The summed E-state index contributed by atoms with van der Waals surface area (Å²) in [4.78, 5) is 37.3. The van der Waals surface area contributed by atoms with Gasteiger partial charge in [0.05, 0.1) is 6.42 Å². The maximum atomic E-state index is 12.3. The van der Waals surface area contributed by atoms with E-state index in [1.807, 2.05) is 18.2 Å². The number of piperazine rings is 1. The fraction of sp³-hybridized carbons (Fsp3) is 0.471. The van der Waals surface area contributed by atoms with Crippen LogP contribution in [0.3, 0.4) is 0 Å². The second kappa shape index (κ2) is 8.90. The molecule has 0 spiro atoms. The Balaban J connectivity index is 1.82. The molecule has 0 aliphatic carbocycles. The van der Waals surface area contributed by atoms with E-state index >= 15 is 0 Å². The molecule has 3 N–H and O–H groups in total. The van der Waals surface area contributed by atoms with Gasteiger partial charge in [-0.2, -0.15) is 0 Å². The fourth-order valence-electron chi connectivity index (χ4n) is 2.67. The molecule has 1 aromatic rings. The lowest BCUT2D eigenvalue weighted by molar-refractivity contribution is -0.132. The summed E-state index contributed by atoms with van der Waals surface area (Å²) in [5.41, 5.74) is 1.22. The van der Waals surface area contributed by atoms with E-state index < -0.39 is 6.04 Å². The lowest BCUT2D eigenvalue weighted by atomic mass is 10.1. The predicted octanol–water partition coefficient (Wildman–Crippen LogP) is 0.265. The van der Waals surface area contributed by atoms with Gasteiger partial charge in [0.25, 0.3) is 0 Å². The predicted molar refractivity (Wildman–Crippen MR) is 90.3 cm³/mol. The number of hydrogen-bond acceptors (Lipinski definition) is 3. The molecule has 1 heterocycles.